The van der Waals surface area contributed by atoms with Gasteiger partial charge in [0.25, 0.3) is 0 Å². The first kappa shape index (κ1) is 21.6. The van der Waals surface area contributed by atoms with Crippen LogP contribution in [0.5, 0.6) is 0 Å². The summed E-state index contributed by atoms with van der Waals surface area (Å²) < 4.78 is 27.7. The molecule has 7 heteroatoms. The Morgan fingerprint density at radius 1 is 1.12 bits per heavy atom. The Balaban J connectivity index is 2.79. The zero-order valence-corrected chi connectivity index (χ0v) is 16.5. The molecule has 0 aliphatic rings. The van der Waals surface area contributed by atoms with Crippen molar-refractivity contribution in [2.24, 2.45) is 5.73 Å². The molecule has 0 radical (unpaired) electrons. The van der Waals surface area contributed by atoms with E-state index < -0.39 is 15.6 Å². The van der Waals surface area contributed by atoms with E-state index in [-0.39, 0.29) is 10.8 Å². The first-order chi connectivity index (χ1) is 11.6. The van der Waals surface area contributed by atoms with E-state index in [1.54, 1.807) is 45.9 Å². The number of carbonyl (C=O) groups is 1. The van der Waals surface area contributed by atoms with Crippen LogP contribution in [0.25, 0.3) is 0 Å². The monoisotopic (exact) mass is 369 g/mol. The summed E-state index contributed by atoms with van der Waals surface area (Å²) in [5, 5.41) is 2.82. The van der Waals surface area contributed by atoms with Gasteiger partial charge in [0.15, 0.2) is 0 Å². The summed E-state index contributed by atoms with van der Waals surface area (Å²) >= 11 is 0. The maximum absolute atomic E-state index is 12.5. The van der Waals surface area contributed by atoms with E-state index in [1.807, 2.05) is 0 Å². The average Bonchev–Trinajstić information content (AvgIpc) is 2.46. The second-order valence-electron chi connectivity index (χ2n) is 7.29. The van der Waals surface area contributed by atoms with Gasteiger partial charge in [-0.3, -0.25) is 4.79 Å². The molecule has 0 saturated heterocycles. The molecule has 4 N–H and O–H groups in total. The van der Waals surface area contributed by atoms with Gasteiger partial charge >= 0.3 is 0 Å². The van der Waals surface area contributed by atoms with E-state index >= 15 is 0 Å². The summed E-state index contributed by atoms with van der Waals surface area (Å²) in [5.74, 6) is -0.103. The van der Waals surface area contributed by atoms with Gasteiger partial charge < -0.3 is 11.1 Å². The van der Waals surface area contributed by atoms with Crippen LogP contribution in [0.15, 0.2) is 23.1 Å². The highest BCUT2D eigenvalue weighted by atomic mass is 32.2. The second-order valence-corrected chi connectivity index (χ2v) is 8.94. The smallest absolute Gasteiger partial charge is 0.241 e. The van der Waals surface area contributed by atoms with Gasteiger partial charge in [-0.05, 0) is 64.8 Å². The maximum atomic E-state index is 12.5. The van der Waals surface area contributed by atoms with Crippen LogP contribution in [0.3, 0.4) is 0 Å². The number of anilines is 1. The van der Waals surface area contributed by atoms with Crippen molar-refractivity contribution in [3.63, 3.8) is 0 Å². The molecule has 142 valence electrons. The predicted octanol–water partition coefficient (Wildman–Crippen LogP) is 2.92. The lowest BCUT2D eigenvalue weighted by molar-refractivity contribution is -0.116. The molecule has 0 saturated carbocycles. The summed E-state index contributed by atoms with van der Waals surface area (Å²) in [4.78, 5) is 12.3. The number of sulfonamides is 1. The van der Waals surface area contributed by atoms with E-state index in [2.05, 4.69) is 10.0 Å². The van der Waals surface area contributed by atoms with E-state index in [0.717, 1.165) is 25.7 Å². The number of rotatable bonds is 9. The largest absolute Gasteiger partial charge is 0.330 e. The number of unbranched alkanes of at least 4 members (excludes halogenated alkanes) is 3. The molecule has 0 aliphatic heterocycles. The average molecular weight is 370 g/mol. The van der Waals surface area contributed by atoms with Crippen LogP contribution in [-0.2, 0) is 14.8 Å². The fraction of sp³-hybridized carbons (Fsp3) is 0.611. The zero-order chi connectivity index (χ0) is 19.1. The van der Waals surface area contributed by atoms with Crippen LogP contribution in [-0.4, -0.2) is 26.4 Å². The molecule has 0 aliphatic carbocycles. The topological polar surface area (TPSA) is 101 Å². The Labute approximate surface area is 151 Å². The number of nitrogens with two attached hydrogens (primary N) is 1. The van der Waals surface area contributed by atoms with E-state index in [4.69, 9.17) is 5.73 Å². The number of amides is 1. The molecule has 0 fully saturated rings. The number of benzene rings is 1. The van der Waals surface area contributed by atoms with E-state index in [0.29, 0.717) is 24.2 Å². The second kappa shape index (κ2) is 9.31. The van der Waals surface area contributed by atoms with Crippen LogP contribution in [0, 0.1) is 6.92 Å². The minimum atomic E-state index is -3.65. The third-order valence-corrected chi connectivity index (χ3v) is 5.55. The molecule has 0 atom stereocenters. The fourth-order valence-electron chi connectivity index (χ4n) is 2.50. The number of hydrogen-bond acceptors (Lipinski definition) is 4. The first-order valence-corrected chi connectivity index (χ1v) is 10.2. The molecule has 6 nitrogen and oxygen atoms in total. The molecule has 1 aromatic carbocycles. The van der Waals surface area contributed by atoms with Crippen molar-refractivity contribution in [1.29, 1.82) is 0 Å². The molecule has 1 aromatic rings. The molecular weight excluding hydrogens is 338 g/mol. The van der Waals surface area contributed by atoms with Crippen LogP contribution in [0.2, 0.25) is 0 Å². The van der Waals surface area contributed by atoms with Gasteiger partial charge in [-0.1, -0.05) is 18.9 Å². The minimum absolute atomic E-state index is 0.103. The predicted molar refractivity (Wildman–Crippen MR) is 102 cm³/mol. The highest BCUT2D eigenvalue weighted by molar-refractivity contribution is 7.89. The van der Waals surface area contributed by atoms with Crippen LogP contribution < -0.4 is 15.8 Å². The third-order valence-electron chi connectivity index (χ3n) is 3.65. The molecule has 0 spiro atoms. The van der Waals surface area contributed by atoms with Crippen molar-refractivity contribution >= 4 is 21.6 Å². The summed E-state index contributed by atoms with van der Waals surface area (Å²) in [7, 11) is -3.65. The SMILES string of the molecule is Cc1c(NC(=O)CCCCCCN)cccc1S(=O)(=O)NC(C)(C)C. The minimum Gasteiger partial charge on any atom is -0.330 e. The lowest BCUT2D eigenvalue weighted by Gasteiger charge is -2.22. The van der Waals surface area contributed by atoms with Crippen molar-refractivity contribution < 1.29 is 13.2 Å². The molecule has 25 heavy (non-hydrogen) atoms. The lowest BCUT2D eigenvalue weighted by atomic mass is 10.1. The van der Waals surface area contributed by atoms with Gasteiger partial charge in [0.2, 0.25) is 15.9 Å². The third kappa shape index (κ3) is 7.54. The van der Waals surface area contributed by atoms with Gasteiger partial charge in [-0.25, -0.2) is 13.1 Å². The highest BCUT2D eigenvalue weighted by Gasteiger charge is 2.24. The molecule has 1 amide bonds. The quantitative estimate of drug-likeness (QED) is 0.583. The van der Waals surface area contributed by atoms with Crippen molar-refractivity contribution in [3.8, 4) is 0 Å². The lowest BCUT2D eigenvalue weighted by Crippen LogP contribution is -2.40. The van der Waals surface area contributed by atoms with Crippen molar-refractivity contribution in [1.82, 2.24) is 4.72 Å². The van der Waals surface area contributed by atoms with Crippen molar-refractivity contribution in [2.75, 3.05) is 11.9 Å². The summed E-state index contributed by atoms with van der Waals surface area (Å²) in [6.45, 7) is 7.74. The summed E-state index contributed by atoms with van der Waals surface area (Å²) in [6.07, 6.45) is 4.18. The van der Waals surface area contributed by atoms with Gasteiger partial charge in [0.1, 0.15) is 0 Å². The molecule has 0 aromatic heterocycles. The Hall–Kier alpha value is -1.44. The number of nitrogens with one attached hydrogen (secondary N) is 2. The molecule has 0 heterocycles. The first-order valence-electron chi connectivity index (χ1n) is 8.70. The molecular formula is C18H31N3O3S. The molecule has 0 unspecified atom stereocenters. The summed E-state index contributed by atoms with van der Waals surface area (Å²) in [5.41, 5.74) is 5.94. The highest BCUT2D eigenvalue weighted by Crippen LogP contribution is 2.24. The maximum Gasteiger partial charge on any atom is 0.241 e. The summed E-state index contributed by atoms with van der Waals surface area (Å²) in [6, 6.07) is 4.91. The fourth-order valence-corrected chi connectivity index (χ4v) is 4.18. The zero-order valence-electron chi connectivity index (χ0n) is 15.7. The van der Waals surface area contributed by atoms with E-state index in [1.165, 1.54) is 0 Å². The number of hydrogen-bond donors (Lipinski definition) is 3. The van der Waals surface area contributed by atoms with Crippen LogP contribution in [0.4, 0.5) is 5.69 Å². The van der Waals surface area contributed by atoms with Crippen molar-refractivity contribution in [2.45, 2.75) is 70.2 Å². The van der Waals surface area contributed by atoms with Crippen LogP contribution >= 0.6 is 0 Å². The Bertz CT molecular complexity index is 679. The molecule has 0 bridgehead atoms. The normalized spacial score (nSPS) is 12.2. The van der Waals surface area contributed by atoms with Crippen molar-refractivity contribution in [3.05, 3.63) is 23.8 Å². The Morgan fingerprint density at radius 3 is 2.36 bits per heavy atom. The molecule has 1 rings (SSSR count). The Kier molecular flexibility index (Phi) is 8.05. The number of carbonyl (C=O) groups excluding carboxylic acids is 1. The van der Waals surface area contributed by atoms with Crippen LogP contribution in [0.1, 0.15) is 58.4 Å². The standard InChI is InChI=1S/C18H31N3O3S/c1-14-15(20-17(22)12-7-5-6-8-13-19)10-9-11-16(14)25(23,24)21-18(2,3)4/h9-11,21H,5-8,12-13,19H2,1-4H3,(H,20,22). The van der Waals surface area contributed by atoms with Gasteiger partial charge in [0.05, 0.1) is 4.90 Å². The van der Waals surface area contributed by atoms with Gasteiger partial charge in [0, 0.05) is 17.6 Å². The van der Waals surface area contributed by atoms with Gasteiger partial charge in [-0.15, -0.1) is 0 Å². The Morgan fingerprint density at radius 2 is 1.76 bits per heavy atom. The van der Waals surface area contributed by atoms with E-state index in [9.17, 15) is 13.2 Å². The van der Waals surface area contributed by atoms with Gasteiger partial charge in [-0.2, -0.15) is 0 Å².